The predicted octanol–water partition coefficient (Wildman–Crippen LogP) is 4.46. The van der Waals surface area contributed by atoms with Crippen LogP contribution in [0.2, 0.25) is 5.02 Å². The summed E-state index contributed by atoms with van der Waals surface area (Å²) in [6.07, 6.45) is 1.63. The van der Waals surface area contributed by atoms with E-state index >= 15 is 0 Å². The van der Waals surface area contributed by atoms with E-state index < -0.39 is 0 Å². The molecular weight excluding hydrogens is 354 g/mol. The van der Waals surface area contributed by atoms with Crippen molar-refractivity contribution in [3.8, 4) is 0 Å². The minimum absolute atomic E-state index is 0.0524. The van der Waals surface area contributed by atoms with Crippen molar-refractivity contribution >= 4 is 34.0 Å². The van der Waals surface area contributed by atoms with Crippen molar-refractivity contribution < 1.29 is 4.79 Å². The standard InChI is InChI=1S/C19H24ClN3OS/c1-13-7-14(2)10-23(9-13)11-17-12-25-19(21-17)22-18(24)8-15-3-5-16(20)6-4-15/h3-6,12-14H,7-11H2,1-2H3,(H,21,22,24). The first-order chi connectivity index (χ1) is 12.0. The number of rotatable bonds is 5. The van der Waals surface area contributed by atoms with E-state index in [2.05, 4.69) is 29.0 Å². The molecule has 1 aliphatic heterocycles. The van der Waals surface area contributed by atoms with Gasteiger partial charge in [0.25, 0.3) is 0 Å². The summed E-state index contributed by atoms with van der Waals surface area (Å²) < 4.78 is 0. The Morgan fingerprint density at radius 3 is 2.64 bits per heavy atom. The van der Waals surface area contributed by atoms with Gasteiger partial charge in [0, 0.05) is 30.0 Å². The zero-order valence-corrected chi connectivity index (χ0v) is 16.2. The van der Waals surface area contributed by atoms with Gasteiger partial charge in [-0.2, -0.15) is 0 Å². The van der Waals surface area contributed by atoms with Crippen LogP contribution < -0.4 is 5.32 Å². The van der Waals surface area contributed by atoms with E-state index in [-0.39, 0.29) is 5.91 Å². The van der Waals surface area contributed by atoms with E-state index in [4.69, 9.17) is 11.6 Å². The summed E-state index contributed by atoms with van der Waals surface area (Å²) in [7, 11) is 0. The van der Waals surface area contributed by atoms with Gasteiger partial charge in [-0.25, -0.2) is 4.98 Å². The molecule has 0 spiro atoms. The van der Waals surface area contributed by atoms with Gasteiger partial charge in [-0.1, -0.05) is 37.6 Å². The van der Waals surface area contributed by atoms with Crippen molar-refractivity contribution in [1.29, 1.82) is 0 Å². The first-order valence-electron chi connectivity index (χ1n) is 8.69. The number of nitrogens with zero attached hydrogens (tertiary/aromatic N) is 2. The lowest BCUT2D eigenvalue weighted by Gasteiger charge is -2.34. The largest absolute Gasteiger partial charge is 0.302 e. The maximum Gasteiger partial charge on any atom is 0.230 e. The highest BCUT2D eigenvalue weighted by Crippen LogP contribution is 2.24. The minimum Gasteiger partial charge on any atom is -0.302 e. The van der Waals surface area contributed by atoms with E-state index in [1.807, 2.05) is 17.5 Å². The molecule has 1 aromatic carbocycles. The van der Waals surface area contributed by atoms with Crippen molar-refractivity contribution in [3.63, 3.8) is 0 Å². The van der Waals surface area contributed by atoms with Crippen LogP contribution in [0, 0.1) is 11.8 Å². The Kier molecular flexibility index (Phi) is 6.10. The average molecular weight is 378 g/mol. The zero-order chi connectivity index (χ0) is 17.8. The van der Waals surface area contributed by atoms with E-state index in [0.717, 1.165) is 42.7 Å². The fraction of sp³-hybridized carbons (Fsp3) is 0.474. The highest BCUT2D eigenvalue weighted by Gasteiger charge is 2.22. The highest BCUT2D eigenvalue weighted by atomic mass is 35.5. The van der Waals surface area contributed by atoms with Crippen molar-refractivity contribution in [2.24, 2.45) is 11.8 Å². The molecule has 2 heterocycles. The van der Waals surface area contributed by atoms with Crippen LogP contribution in [0.3, 0.4) is 0 Å². The number of nitrogens with one attached hydrogen (secondary N) is 1. The van der Waals surface area contributed by atoms with E-state index in [0.29, 0.717) is 16.6 Å². The number of thiazole rings is 1. The van der Waals surface area contributed by atoms with E-state index in [9.17, 15) is 4.79 Å². The number of amides is 1. The van der Waals surface area contributed by atoms with E-state index in [1.54, 1.807) is 12.1 Å². The smallest absolute Gasteiger partial charge is 0.230 e. The van der Waals surface area contributed by atoms with Crippen LogP contribution >= 0.6 is 22.9 Å². The number of hydrogen-bond donors (Lipinski definition) is 1. The summed E-state index contributed by atoms with van der Waals surface area (Å²) in [5.41, 5.74) is 1.98. The second kappa shape index (κ2) is 8.30. The molecule has 0 bridgehead atoms. The average Bonchev–Trinajstić information content (AvgIpc) is 2.95. The zero-order valence-electron chi connectivity index (χ0n) is 14.7. The second-order valence-corrected chi connectivity index (χ2v) is 8.43. The summed E-state index contributed by atoms with van der Waals surface area (Å²) in [6.45, 7) is 7.73. The molecule has 1 aromatic heterocycles. The molecule has 1 N–H and O–H groups in total. The lowest BCUT2D eigenvalue weighted by molar-refractivity contribution is -0.115. The fourth-order valence-electron chi connectivity index (χ4n) is 3.54. The third-order valence-electron chi connectivity index (χ3n) is 4.41. The van der Waals surface area contributed by atoms with Crippen molar-refractivity contribution in [2.75, 3.05) is 18.4 Å². The first-order valence-corrected chi connectivity index (χ1v) is 9.94. The van der Waals surface area contributed by atoms with Crippen LogP contribution in [0.25, 0.3) is 0 Å². The lowest BCUT2D eigenvalue weighted by Crippen LogP contribution is -2.38. The summed E-state index contributed by atoms with van der Waals surface area (Å²) in [6, 6.07) is 7.33. The number of carbonyl (C=O) groups is 1. The predicted molar refractivity (Wildman–Crippen MR) is 104 cm³/mol. The molecule has 2 atom stereocenters. The van der Waals surface area contributed by atoms with Gasteiger partial charge in [0.15, 0.2) is 5.13 Å². The van der Waals surface area contributed by atoms with Crippen molar-refractivity contribution in [2.45, 2.75) is 33.2 Å². The number of benzene rings is 1. The molecule has 134 valence electrons. The normalized spacial score (nSPS) is 21.2. The summed E-state index contributed by atoms with van der Waals surface area (Å²) in [5.74, 6) is 1.42. The van der Waals surface area contributed by atoms with Gasteiger partial charge in [0.05, 0.1) is 12.1 Å². The maximum atomic E-state index is 12.2. The number of hydrogen-bond acceptors (Lipinski definition) is 4. The highest BCUT2D eigenvalue weighted by molar-refractivity contribution is 7.13. The van der Waals surface area contributed by atoms with Crippen molar-refractivity contribution in [1.82, 2.24) is 9.88 Å². The molecule has 1 saturated heterocycles. The van der Waals surface area contributed by atoms with Gasteiger partial charge in [0.2, 0.25) is 5.91 Å². The van der Waals surface area contributed by atoms with Crippen LogP contribution in [0.4, 0.5) is 5.13 Å². The van der Waals surface area contributed by atoms with Gasteiger partial charge in [-0.15, -0.1) is 11.3 Å². The van der Waals surface area contributed by atoms with Gasteiger partial charge in [-0.3, -0.25) is 9.69 Å². The molecule has 1 aliphatic rings. The quantitative estimate of drug-likeness (QED) is 0.836. The number of piperidine rings is 1. The Morgan fingerprint density at radius 2 is 1.96 bits per heavy atom. The van der Waals surface area contributed by atoms with E-state index in [1.165, 1.54) is 17.8 Å². The van der Waals surface area contributed by atoms with Crippen LogP contribution in [0.1, 0.15) is 31.5 Å². The van der Waals surface area contributed by atoms with Crippen molar-refractivity contribution in [3.05, 3.63) is 45.9 Å². The number of anilines is 1. The van der Waals surface area contributed by atoms with Crippen LogP contribution in [0.5, 0.6) is 0 Å². The van der Waals surface area contributed by atoms with Crippen LogP contribution in [-0.2, 0) is 17.8 Å². The molecule has 1 fully saturated rings. The number of carbonyl (C=O) groups excluding carboxylic acids is 1. The Labute approximate surface area is 158 Å². The third-order valence-corrected chi connectivity index (χ3v) is 5.46. The Balaban J connectivity index is 1.52. The summed E-state index contributed by atoms with van der Waals surface area (Å²) in [5, 5.41) is 6.29. The molecule has 2 unspecified atom stereocenters. The molecule has 1 amide bonds. The maximum absolute atomic E-state index is 12.2. The molecule has 0 aliphatic carbocycles. The Morgan fingerprint density at radius 1 is 1.28 bits per heavy atom. The minimum atomic E-state index is -0.0524. The second-order valence-electron chi connectivity index (χ2n) is 7.14. The molecule has 25 heavy (non-hydrogen) atoms. The Hall–Kier alpha value is -1.43. The molecule has 3 rings (SSSR count). The molecule has 0 saturated carbocycles. The monoisotopic (exact) mass is 377 g/mol. The van der Waals surface area contributed by atoms with Gasteiger partial charge >= 0.3 is 0 Å². The summed E-state index contributed by atoms with van der Waals surface area (Å²) in [4.78, 5) is 19.2. The molecule has 2 aromatic rings. The summed E-state index contributed by atoms with van der Waals surface area (Å²) >= 11 is 7.36. The van der Waals surface area contributed by atoms with Crippen LogP contribution in [-0.4, -0.2) is 28.9 Å². The fourth-order valence-corrected chi connectivity index (χ4v) is 4.38. The molecular formula is C19H24ClN3OS. The van der Waals surface area contributed by atoms with Gasteiger partial charge in [0.1, 0.15) is 0 Å². The van der Waals surface area contributed by atoms with Gasteiger partial charge in [-0.05, 0) is 36.0 Å². The molecule has 6 heteroatoms. The topological polar surface area (TPSA) is 45.2 Å². The SMILES string of the molecule is CC1CC(C)CN(Cc2csc(NC(=O)Cc3ccc(Cl)cc3)n2)C1. The molecule has 4 nitrogen and oxygen atoms in total. The molecule has 0 radical (unpaired) electrons. The lowest BCUT2D eigenvalue weighted by atomic mass is 9.92. The number of likely N-dealkylation sites (tertiary alicyclic amines) is 1. The number of aromatic nitrogens is 1. The van der Waals surface area contributed by atoms with Crippen LogP contribution in [0.15, 0.2) is 29.6 Å². The first kappa shape index (κ1) is 18.4. The Bertz CT molecular complexity index is 706. The number of halogens is 1. The third kappa shape index (κ3) is 5.53. The van der Waals surface area contributed by atoms with Gasteiger partial charge < -0.3 is 5.32 Å².